The van der Waals surface area contributed by atoms with Gasteiger partial charge in [0.1, 0.15) is 5.82 Å². The summed E-state index contributed by atoms with van der Waals surface area (Å²) in [7, 11) is 0. The van der Waals surface area contributed by atoms with E-state index in [0.717, 1.165) is 36.9 Å². The van der Waals surface area contributed by atoms with E-state index < -0.39 is 12.8 Å². The molecular weight excluding hydrogens is 455 g/mol. The number of anilines is 2. The van der Waals surface area contributed by atoms with Crippen LogP contribution in [0.1, 0.15) is 18.7 Å². The van der Waals surface area contributed by atoms with E-state index in [1.807, 2.05) is 6.92 Å². The number of piperidine rings is 1. The SMILES string of the molecule is Cc1nsc(N2CC3CCC(C2)C3Nc2nc3c(OCC(F)(F)F)cc(Cl)cn3n2)n1. The van der Waals surface area contributed by atoms with E-state index in [1.54, 1.807) is 0 Å². The molecule has 0 amide bonds. The first-order valence-electron chi connectivity index (χ1n) is 9.82. The van der Waals surface area contributed by atoms with Gasteiger partial charge >= 0.3 is 6.18 Å². The molecule has 2 fully saturated rings. The van der Waals surface area contributed by atoms with Crippen molar-refractivity contribution in [3.8, 4) is 5.75 Å². The average molecular weight is 474 g/mol. The van der Waals surface area contributed by atoms with Gasteiger partial charge in [0.25, 0.3) is 0 Å². The van der Waals surface area contributed by atoms with Crippen LogP contribution in [0.2, 0.25) is 5.02 Å². The molecule has 2 aliphatic rings. The number of alkyl halides is 3. The minimum atomic E-state index is -4.46. The second-order valence-corrected chi connectivity index (χ2v) is 9.09. The lowest BCUT2D eigenvalue weighted by atomic mass is 9.92. The van der Waals surface area contributed by atoms with Crippen molar-refractivity contribution in [2.75, 3.05) is 29.9 Å². The zero-order valence-corrected chi connectivity index (χ0v) is 18.0. The van der Waals surface area contributed by atoms with Crippen LogP contribution in [0.15, 0.2) is 12.3 Å². The van der Waals surface area contributed by atoms with Gasteiger partial charge in [-0.2, -0.15) is 22.5 Å². The predicted octanol–water partition coefficient (Wildman–Crippen LogP) is 3.81. The lowest BCUT2D eigenvalue weighted by molar-refractivity contribution is -0.153. The predicted molar refractivity (Wildman–Crippen MR) is 110 cm³/mol. The number of fused-ring (bicyclic) bond motifs is 3. The van der Waals surface area contributed by atoms with Crippen LogP contribution < -0.4 is 15.0 Å². The molecular formula is C18H19ClF3N7OS. The highest BCUT2D eigenvalue weighted by atomic mass is 35.5. The fraction of sp³-hybridized carbons (Fsp3) is 0.556. The summed E-state index contributed by atoms with van der Waals surface area (Å²) in [5, 5.41) is 8.92. The molecule has 166 valence electrons. The molecule has 0 radical (unpaired) electrons. The highest BCUT2D eigenvalue weighted by Gasteiger charge is 2.43. The number of ether oxygens (including phenoxy) is 1. The quantitative estimate of drug-likeness (QED) is 0.603. The number of aryl methyl sites for hydroxylation is 1. The largest absolute Gasteiger partial charge is 0.480 e. The summed E-state index contributed by atoms with van der Waals surface area (Å²) in [6.07, 6.45) is -0.810. The maximum Gasteiger partial charge on any atom is 0.422 e. The van der Waals surface area contributed by atoms with Gasteiger partial charge in [0.2, 0.25) is 11.1 Å². The molecule has 2 atom stereocenters. The summed E-state index contributed by atoms with van der Waals surface area (Å²) >= 11 is 7.44. The van der Waals surface area contributed by atoms with E-state index in [2.05, 4.69) is 29.7 Å². The fourth-order valence-corrected chi connectivity index (χ4v) is 5.31. The van der Waals surface area contributed by atoms with Gasteiger partial charge in [-0.1, -0.05) is 11.6 Å². The lowest BCUT2D eigenvalue weighted by Crippen LogP contribution is -2.48. The Hall–Kier alpha value is -2.34. The second-order valence-electron chi connectivity index (χ2n) is 7.93. The van der Waals surface area contributed by atoms with Gasteiger partial charge in [0.15, 0.2) is 18.0 Å². The van der Waals surface area contributed by atoms with Crippen LogP contribution in [0.3, 0.4) is 0 Å². The number of nitrogens with zero attached hydrogens (tertiary/aromatic N) is 6. The summed E-state index contributed by atoms with van der Waals surface area (Å²) in [5.41, 5.74) is 0.185. The molecule has 1 saturated heterocycles. The average Bonchev–Trinajstić information content (AvgIpc) is 3.35. The lowest BCUT2D eigenvalue weighted by Gasteiger charge is -2.37. The Kier molecular flexibility index (Phi) is 5.08. The Morgan fingerprint density at radius 1 is 1.26 bits per heavy atom. The normalized spacial score (nSPS) is 23.5. The molecule has 13 heteroatoms. The molecule has 3 aromatic heterocycles. The van der Waals surface area contributed by atoms with Crippen LogP contribution in [0.25, 0.3) is 5.65 Å². The van der Waals surface area contributed by atoms with Crippen molar-refractivity contribution in [3.05, 3.63) is 23.1 Å². The van der Waals surface area contributed by atoms with Crippen LogP contribution in [0.4, 0.5) is 24.3 Å². The summed E-state index contributed by atoms with van der Waals surface area (Å²) in [5.74, 6) is 1.85. The smallest absolute Gasteiger partial charge is 0.422 e. The molecule has 4 heterocycles. The van der Waals surface area contributed by atoms with Crippen molar-refractivity contribution in [1.82, 2.24) is 24.0 Å². The summed E-state index contributed by atoms with van der Waals surface area (Å²) in [4.78, 5) is 11.2. The number of rotatable bonds is 5. The molecule has 0 aromatic carbocycles. The Morgan fingerprint density at radius 2 is 2.00 bits per heavy atom. The minimum absolute atomic E-state index is 0.0604. The maximum atomic E-state index is 12.6. The van der Waals surface area contributed by atoms with Crippen LogP contribution in [0, 0.1) is 18.8 Å². The van der Waals surface area contributed by atoms with Crippen LogP contribution in [0.5, 0.6) is 5.75 Å². The molecule has 1 aliphatic carbocycles. The van der Waals surface area contributed by atoms with Crippen molar-refractivity contribution in [2.45, 2.75) is 32.0 Å². The molecule has 3 aromatic rings. The molecule has 1 saturated carbocycles. The Balaban J connectivity index is 1.34. The molecule has 31 heavy (non-hydrogen) atoms. The monoisotopic (exact) mass is 473 g/mol. The molecule has 1 aliphatic heterocycles. The van der Waals surface area contributed by atoms with Crippen molar-refractivity contribution < 1.29 is 17.9 Å². The summed E-state index contributed by atoms with van der Waals surface area (Å²) in [6.45, 7) is 2.19. The van der Waals surface area contributed by atoms with Gasteiger partial charge < -0.3 is 15.0 Å². The minimum Gasteiger partial charge on any atom is -0.480 e. The van der Waals surface area contributed by atoms with Crippen molar-refractivity contribution in [3.63, 3.8) is 0 Å². The Morgan fingerprint density at radius 3 is 2.65 bits per heavy atom. The number of aromatic nitrogens is 5. The van der Waals surface area contributed by atoms with Gasteiger partial charge in [-0.15, -0.1) is 5.10 Å². The third-order valence-corrected chi connectivity index (χ3v) is 6.75. The van der Waals surface area contributed by atoms with Crippen molar-refractivity contribution in [2.24, 2.45) is 11.8 Å². The molecule has 0 spiro atoms. The number of nitrogens with one attached hydrogen (secondary N) is 1. The van der Waals surface area contributed by atoms with E-state index >= 15 is 0 Å². The first-order chi connectivity index (χ1) is 14.7. The second kappa shape index (κ2) is 7.66. The van der Waals surface area contributed by atoms with Crippen LogP contribution in [-0.4, -0.2) is 55.9 Å². The third-order valence-electron chi connectivity index (χ3n) is 5.67. The first kappa shape index (κ1) is 20.6. The van der Waals surface area contributed by atoms with E-state index in [1.165, 1.54) is 28.3 Å². The molecule has 8 nitrogen and oxygen atoms in total. The summed E-state index contributed by atoms with van der Waals surface area (Å²) < 4.78 is 48.3. The topological polar surface area (TPSA) is 80.5 Å². The Bertz CT molecular complexity index is 1090. The van der Waals surface area contributed by atoms with Gasteiger partial charge in [0.05, 0.1) is 5.02 Å². The maximum absolute atomic E-state index is 12.6. The van der Waals surface area contributed by atoms with Crippen molar-refractivity contribution in [1.29, 1.82) is 0 Å². The van der Waals surface area contributed by atoms with E-state index in [-0.39, 0.29) is 22.5 Å². The van der Waals surface area contributed by atoms with E-state index in [4.69, 9.17) is 16.3 Å². The number of hydrogen-bond donors (Lipinski definition) is 1. The van der Waals surface area contributed by atoms with E-state index in [0.29, 0.717) is 17.8 Å². The Labute approximate surface area is 184 Å². The van der Waals surface area contributed by atoms with Gasteiger partial charge in [-0.25, -0.2) is 9.50 Å². The number of pyridine rings is 1. The number of halogens is 4. The van der Waals surface area contributed by atoms with Crippen LogP contribution >= 0.6 is 23.1 Å². The summed E-state index contributed by atoms with van der Waals surface area (Å²) in [6, 6.07) is 1.49. The highest BCUT2D eigenvalue weighted by Crippen LogP contribution is 2.40. The molecule has 1 N–H and O–H groups in total. The highest BCUT2D eigenvalue weighted by molar-refractivity contribution is 7.09. The zero-order valence-electron chi connectivity index (χ0n) is 16.4. The first-order valence-corrected chi connectivity index (χ1v) is 11.0. The molecule has 5 rings (SSSR count). The van der Waals surface area contributed by atoms with Gasteiger partial charge in [-0.3, -0.25) is 0 Å². The molecule has 2 bridgehead atoms. The van der Waals surface area contributed by atoms with Gasteiger partial charge in [-0.05, 0) is 31.6 Å². The zero-order chi connectivity index (χ0) is 21.8. The van der Waals surface area contributed by atoms with Gasteiger partial charge in [0, 0.05) is 42.9 Å². The van der Waals surface area contributed by atoms with Crippen molar-refractivity contribution >= 4 is 39.9 Å². The standard InChI is InChI=1S/C18H19ClF3N7OS/c1-9-23-17(31-27-9)28-5-10-2-3-11(6-28)14(10)24-16-25-15-13(30-8-18(20,21)22)4-12(19)7-29(15)26-16/h4,7,10-11,14H,2-3,5-6,8H2,1H3,(H,24,26). The number of hydrogen-bond acceptors (Lipinski definition) is 8. The van der Waals surface area contributed by atoms with Crippen LogP contribution in [-0.2, 0) is 0 Å². The van der Waals surface area contributed by atoms with E-state index in [9.17, 15) is 13.2 Å². The molecule has 2 unspecified atom stereocenters. The third kappa shape index (κ3) is 4.22. The fourth-order valence-electron chi connectivity index (χ4n) is 4.43.